The summed E-state index contributed by atoms with van der Waals surface area (Å²) in [4.78, 5) is 48.6. The molecule has 2 aliphatic heterocycles. The second kappa shape index (κ2) is 26.8. The van der Waals surface area contributed by atoms with E-state index in [1.807, 2.05) is 82.2 Å². The second-order valence-corrected chi connectivity index (χ2v) is 19.6. The molecule has 418 valence electrons. The fourth-order valence-corrected chi connectivity index (χ4v) is 10.4. The molecule has 2 aliphatic rings. The van der Waals surface area contributed by atoms with E-state index in [1.54, 1.807) is 60.7 Å². The molecule has 6 heterocycles. The Hall–Kier alpha value is -8.95. The molecule has 20 heteroatoms. The fourth-order valence-electron chi connectivity index (χ4n) is 10.4. The first-order chi connectivity index (χ1) is 40.0. The van der Waals surface area contributed by atoms with E-state index < -0.39 is 13.1 Å². The molecule has 0 bridgehead atoms. The zero-order chi connectivity index (χ0) is 57.5. The van der Waals surface area contributed by atoms with E-state index in [0.717, 1.165) is 105 Å². The fraction of sp³-hybridized carbons (Fsp3) is 0.279. The van der Waals surface area contributed by atoms with Gasteiger partial charge in [0.1, 0.15) is 0 Å². The van der Waals surface area contributed by atoms with Crippen LogP contribution in [0.1, 0.15) is 72.0 Å². The summed E-state index contributed by atoms with van der Waals surface area (Å²) in [5.74, 6) is -0.0326. The second-order valence-electron chi connectivity index (χ2n) is 19.6. The number of aromatic nitrogens is 8. The number of hydrogen-bond donors (Lipinski definition) is 7. The predicted molar refractivity (Wildman–Crippen MR) is 310 cm³/mol. The van der Waals surface area contributed by atoms with Gasteiger partial charge in [0, 0.05) is 83.6 Å². The number of aromatic carboxylic acids is 1. The standard InChI is InChI=1S/C30H29N5O4.C15H13N3O2.C15H18N2O3.CH3F/c36-18-20-17-21(9-10-22(20)27-23-5-1-2-6-24(23)29(37)33-32-27)31-30(38)28-25-7-3-4-8-26(25)35(34-28)14-11-19-12-15-39-16-13-19;16-10-5-6-11(9(7-10)8-19)14-12-3-1-2-4-13(12)15(20)18-17-14;18-15(19)14-12-3-1-2-4-13(12)17(16-14)8-5-11-6-9-20-10-7-11;1-2/h1-10,17,19,36H,11-16,18H2,(H,31,38)(H,33,37);1-7,19H,8,16H2,(H,18,20);1-4,11H,5-10H2,(H,18,19);1H3/i;;;1D. The number of carbonyl (C=O) groups excluding carboxylic acids is 1. The van der Waals surface area contributed by atoms with Crippen LogP contribution in [-0.2, 0) is 35.8 Å². The van der Waals surface area contributed by atoms with E-state index in [-0.39, 0.29) is 35.9 Å². The maximum atomic E-state index is 13.4. The number of aliphatic hydroxyl groups excluding tert-OH is 2. The van der Waals surface area contributed by atoms with Crippen molar-refractivity contribution in [3.8, 4) is 22.5 Å². The molecule has 12 rings (SSSR count). The number of benzene rings is 6. The van der Waals surface area contributed by atoms with Crippen molar-refractivity contribution in [3.05, 3.63) is 177 Å². The minimum atomic E-state index is -1.00. The van der Waals surface area contributed by atoms with Crippen molar-refractivity contribution in [3.63, 3.8) is 0 Å². The Morgan fingerprint density at radius 2 is 1.05 bits per heavy atom. The first-order valence-corrected chi connectivity index (χ1v) is 26.6. The Balaban J connectivity index is 0.000000158. The van der Waals surface area contributed by atoms with Gasteiger partial charge in [-0.2, -0.15) is 20.4 Å². The number of aromatic amines is 2. The van der Waals surface area contributed by atoms with Crippen LogP contribution in [-0.4, -0.2) is 101 Å². The first kappa shape index (κ1) is 55.4. The molecule has 0 saturated carbocycles. The summed E-state index contributed by atoms with van der Waals surface area (Å²) >= 11 is 0. The lowest BCUT2D eigenvalue weighted by Gasteiger charge is -2.21. The van der Waals surface area contributed by atoms with Gasteiger partial charge in [-0.15, -0.1) is 0 Å². The van der Waals surface area contributed by atoms with Crippen LogP contribution in [0.15, 0.2) is 143 Å². The number of carboxylic acids is 1. The molecular weight excluding hydrogens is 1040 g/mol. The summed E-state index contributed by atoms with van der Waals surface area (Å²) in [6.45, 7) is 4.38. The van der Waals surface area contributed by atoms with Crippen LogP contribution in [0.3, 0.4) is 0 Å². The minimum Gasteiger partial charge on any atom is -0.476 e. The average Bonchev–Trinajstić information content (AvgIpc) is 4.21. The van der Waals surface area contributed by atoms with E-state index in [9.17, 15) is 38.9 Å². The van der Waals surface area contributed by atoms with Crippen LogP contribution in [0.4, 0.5) is 15.8 Å². The molecule has 0 radical (unpaired) electrons. The molecule has 6 aromatic carbocycles. The molecule has 1 amide bonds. The lowest BCUT2D eigenvalue weighted by Crippen LogP contribution is -2.18. The Kier molecular flexibility index (Phi) is 18.3. The van der Waals surface area contributed by atoms with Gasteiger partial charge in [0.2, 0.25) is 0 Å². The van der Waals surface area contributed by atoms with Gasteiger partial charge in [0.15, 0.2) is 11.4 Å². The smallest absolute Gasteiger partial charge is 0.357 e. The molecule has 81 heavy (non-hydrogen) atoms. The van der Waals surface area contributed by atoms with Gasteiger partial charge in [-0.05, 0) is 110 Å². The van der Waals surface area contributed by atoms with E-state index in [2.05, 4.69) is 30.8 Å². The molecule has 8 N–H and O–H groups in total. The quantitative estimate of drug-likeness (QED) is 0.0530. The van der Waals surface area contributed by atoms with Gasteiger partial charge in [-0.1, -0.05) is 84.9 Å². The molecule has 2 saturated heterocycles. The number of aryl methyl sites for hydroxylation is 2. The number of halogens is 1. The number of nitrogens with one attached hydrogen (secondary N) is 3. The summed E-state index contributed by atoms with van der Waals surface area (Å²) in [6, 6.07) is 40.2. The van der Waals surface area contributed by atoms with Crippen LogP contribution in [0, 0.1) is 11.8 Å². The first-order valence-electron chi connectivity index (χ1n) is 27.4. The number of rotatable bonds is 13. The number of hydrogen-bond acceptors (Lipinski definition) is 13. The van der Waals surface area contributed by atoms with Crippen molar-refractivity contribution in [2.45, 2.75) is 64.8 Å². The number of nitrogen functional groups attached to an aromatic ring is 1. The molecule has 0 unspecified atom stereocenters. The number of alkyl halides is 1. The van der Waals surface area contributed by atoms with Crippen molar-refractivity contribution in [2.75, 3.05) is 44.6 Å². The average molecular weight is 1100 g/mol. The summed E-state index contributed by atoms with van der Waals surface area (Å²) in [5, 5.41) is 58.2. The largest absolute Gasteiger partial charge is 0.476 e. The number of anilines is 2. The van der Waals surface area contributed by atoms with Crippen molar-refractivity contribution in [1.82, 2.24) is 40.0 Å². The van der Waals surface area contributed by atoms with Crippen LogP contribution in [0.5, 0.6) is 0 Å². The molecule has 19 nitrogen and oxygen atoms in total. The lowest BCUT2D eigenvalue weighted by molar-refractivity contribution is 0.0622. The van der Waals surface area contributed by atoms with E-state index >= 15 is 0 Å². The number of nitrogens with zero attached hydrogens (tertiary/aromatic N) is 6. The number of nitrogens with two attached hydrogens (primary N) is 1. The zero-order valence-electron chi connectivity index (χ0n) is 45.4. The van der Waals surface area contributed by atoms with Crippen molar-refractivity contribution >= 4 is 66.6 Å². The third-order valence-corrected chi connectivity index (χ3v) is 14.6. The van der Waals surface area contributed by atoms with Gasteiger partial charge in [-0.25, -0.2) is 15.0 Å². The Morgan fingerprint density at radius 3 is 1.53 bits per heavy atom. The van der Waals surface area contributed by atoms with Gasteiger partial charge in [-0.3, -0.25) is 28.1 Å². The highest BCUT2D eigenvalue weighted by atomic mass is 19.1. The lowest BCUT2D eigenvalue weighted by atomic mass is 9.97. The van der Waals surface area contributed by atoms with Crippen LogP contribution in [0.2, 0.25) is 0 Å². The predicted octanol–water partition coefficient (Wildman–Crippen LogP) is 9.30. The number of ether oxygens (including phenoxy) is 2. The Labute approximate surface area is 465 Å². The molecule has 4 aromatic heterocycles. The number of amides is 1. The summed E-state index contributed by atoms with van der Waals surface area (Å²) in [6.07, 6.45) is 6.30. The SMILES string of the molecule is Nc1ccc(-c2n[nH]c(=O)c3ccccc23)c(CO)c1.O=C(Nc1ccc(-c2n[nH]c(=O)c3ccccc23)c(CO)c1)c1nn(CCC2CCOCC2)c2ccccc12.O=C(O)c1nn(CCC2CCOCC2)c2ccccc12.[2H]CF. The molecule has 0 atom stereocenters. The van der Waals surface area contributed by atoms with Crippen LogP contribution < -0.4 is 22.2 Å². The topological polar surface area (TPSA) is 278 Å². The van der Waals surface area contributed by atoms with E-state index in [0.29, 0.717) is 78.5 Å². The maximum Gasteiger partial charge on any atom is 0.357 e. The third kappa shape index (κ3) is 13.1. The number of aliphatic hydroxyl groups is 2. The number of fused-ring (bicyclic) bond motifs is 4. The zero-order valence-corrected chi connectivity index (χ0v) is 44.4. The van der Waals surface area contributed by atoms with Crippen LogP contribution in [0.25, 0.3) is 65.9 Å². The number of carbonyl (C=O) groups is 2. The van der Waals surface area contributed by atoms with Crippen LogP contribution >= 0.6 is 0 Å². The number of H-pyrrole nitrogens is 2. The summed E-state index contributed by atoms with van der Waals surface area (Å²) < 4.78 is 30.1. The van der Waals surface area contributed by atoms with Gasteiger partial charge in [0.25, 0.3) is 17.0 Å². The van der Waals surface area contributed by atoms with E-state index in [4.69, 9.17) is 21.7 Å². The van der Waals surface area contributed by atoms with Crippen molar-refractivity contribution in [2.24, 2.45) is 11.8 Å². The number of carboxylic acid groups (broad SMARTS) is 1. The highest BCUT2D eigenvalue weighted by molar-refractivity contribution is 6.11. The van der Waals surface area contributed by atoms with E-state index in [1.165, 1.54) is 0 Å². The highest BCUT2D eigenvalue weighted by Gasteiger charge is 2.22. The van der Waals surface area contributed by atoms with Gasteiger partial charge >= 0.3 is 5.97 Å². The maximum absolute atomic E-state index is 13.4. The van der Waals surface area contributed by atoms with Crippen molar-refractivity contribution in [1.29, 1.82) is 0 Å². The molecule has 10 aromatic rings. The molecule has 2 fully saturated rings. The highest BCUT2D eigenvalue weighted by Crippen LogP contribution is 2.32. The van der Waals surface area contributed by atoms with Gasteiger partial charge in [0.05, 0.1) is 54.9 Å². The Morgan fingerprint density at radius 1 is 0.630 bits per heavy atom. The monoisotopic (exact) mass is 1100 g/mol. The van der Waals surface area contributed by atoms with Crippen molar-refractivity contribution < 1.29 is 40.1 Å². The third-order valence-electron chi connectivity index (χ3n) is 14.6. The number of para-hydroxylation sites is 2. The summed E-state index contributed by atoms with van der Waals surface area (Å²) in [7, 11) is -1.00. The normalized spacial score (nSPS) is 13.8. The van der Waals surface area contributed by atoms with Gasteiger partial charge < -0.3 is 35.8 Å². The minimum absolute atomic E-state index is 0.143. The molecular formula is C61H63FN10O9. The summed E-state index contributed by atoms with van der Waals surface area (Å²) in [5.41, 5.74) is 12.5. The molecule has 0 spiro atoms. The Bertz CT molecular complexity index is 3970. The molecule has 0 aliphatic carbocycles.